The third kappa shape index (κ3) is 5.08. The molecule has 0 spiro atoms. The molecule has 1 aromatic heterocycles. The lowest BCUT2D eigenvalue weighted by Gasteiger charge is -2.33. The number of halogens is 1. The quantitative estimate of drug-likeness (QED) is 0.848. The van der Waals surface area contributed by atoms with Gasteiger partial charge in [-0.3, -0.25) is 4.90 Å². The molecular formula is C17H24ClN3O2S. The van der Waals surface area contributed by atoms with Crippen LogP contribution >= 0.6 is 23.7 Å². The Morgan fingerprint density at radius 3 is 2.75 bits per heavy atom. The average molecular weight is 370 g/mol. The molecule has 0 saturated carbocycles. The molecule has 0 radical (unpaired) electrons. The van der Waals surface area contributed by atoms with Crippen molar-refractivity contribution >= 4 is 23.7 Å². The minimum absolute atomic E-state index is 0. The molecule has 5 nitrogen and oxygen atoms in total. The van der Waals surface area contributed by atoms with Crippen LogP contribution in [0.15, 0.2) is 29.6 Å². The van der Waals surface area contributed by atoms with Gasteiger partial charge in [-0.15, -0.1) is 23.7 Å². The molecule has 24 heavy (non-hydrogen) atoms. The number of methoxy groups -OCH3 is 1. The molecule has 0 amide bonds. The van der Waals surface area contributed by atoms with Crippen LogP contribution in [0.1, 0.15) is 17.6 Å². The van der Waals surface area contributed by atoms with Gasteiger partial charge in [0.2, 0.25) is 0 Å². The highest BCUT2D eigenvalue weighted by molar-refractivity contribution is 7.09. The first-order valence-electron chi connectivity index (χ1n) is 7.89. The van der Waals surface area contributed by atoms with Gasteiger partial charge in [-0.05, 0) is 31.2 Å². The highest BCUT2D eigenvalue weighted by atomic mass is 35.5. The maximum atomic E-state index is 5.78. The lowest BCUT2D eigenvalue weighted by Crippen LogP contribution is -2.49. The Hall–Kier alpha value is -1.34. The number of benzene rings is 1. The molecule has 1 aliphatic heterocycles. The number of aromatic nitrogens is 1. The van der Waals surface area contributed by atoms with Crippen molar-refractivity contribution in [2.24, 2.45) is 0 Å². The molecule has 3 rings (SSSR count). The summed E-state index contributed by atoms with van der Waals surface area (Å²) in [7, 11) is 1.66. The first-order chi connectivity index (χ1) is 11.2. The van der Waals surface area contributed by atoms with Crippen molar-refractivity contribution in [2.75, 3.05) is 26.7 Å². The van der Waals surface area contributed by atoms with Crippen molar-refractivity contribution in [2.45, 2.75) is 26.1 Å². The summed E-state index contributed by atoms with van der Waals surface area (Å²) < 4.78 is 10.9. The van der Waals surface area contributed by atoms with Crippen LogP contribution < -0.4 is 14.8 Å². The van der Waals surface area contributed by atoms with Crippen LogP contribution in [-0.4, -0.2) is 42.7 Å². The molecule has 1 N–H and O–H groups in total. The number of hydrogen-bond acceptors (Lipinski definition) is 6. The van der Waals surface area contributed by atoms with E-state index in [0.717, 1.165) is 48.4 Å². The summed E-state index contributed by atoms with van der Waals surface area (Å²) in [5.41, 5.74) is 1.14. The van der Waals surface area contributed by atoms with Crippen LogP contribution in [-0.2, 0) is 13.2 Å². The van der Waals surface area contributed by atoms with Crippen molar-refractivity contribution in [3.05, 3.63) is 40.3 Å². The third-order valence-corrected chi connectivity index (χ3v) is 4.90. The second-order valence-corrected chi connectivity index (χ2v) is 6.66. The molecule has 1 fully saturated rings. The Labute approximate surface area is 153 Å². The summed E-state index contributed by atoms with van der Waals surface area (Å²) in [4.78, 5) is 7.17. The maximum absolute atomic E-state index is 5.78. The molecule has 0 bridgehead atoms. The topological polar surface area (TPSA) is 46.6 Å². The minimum Gasteiger partial charge on any atom is -0.497 e. The van der Waals surface area contributed by atoms with Crippen molar-refractivity contribution in [1.29, 1.82) is 0 Å². The fourth-order valence-corrected chi connectivity index (χ4v) is 3.33. The lowest BCUT2D eigenvalue weighted by atomic mass is 10.2. The van der Waals surface area contributed by atoms with Crippen LogP contribution in [0.3, 0.4) is 0 Å². The lowest BCUT2D eigenvalue weighted by molar-refractivity contribution is 0.164. The van der Waals surface area contributed by atoms with Crippen LogP contribution in [0, 0.1) is 0 Å². The molecule has 0 aliphatic carbocycles. The van der Waals surface area contributed by atoms with E-state index in [1.807, 2.05) is 24.3 Å². The Morgan fingerprint density at radius 1 is 1.29 bits per heavy atom. The molecule has 2 aromatic rings. The van der Waals surface area contributed by atoms with E-state index in [2.05, 4.69) is 22.5 Å². The molecule has 132 valence electrons. The van der Waals surface area contributed by atoms with Gasteiger partial charge < -0.3 is 14.8 Å². The third-order valence-electron chi connectivity index (χ3n) is 4.03. The predicted molar refractivity (Wildman–Crippen MR) is 99.4 cm³/mol. The number of thiazole rings is 1. The Kier molecular flexibility index (Phi) is 7.30. The monoisotopic (exact) mass is 369 g/mol. The van der Waals surface area contributed by atoms with E-state index in [0.29, 0.717) is 12.6 Å². The van der Waals surface area contributed by atoms with Gasteiger partial charge in [-0.1, -0.05) is 0 Å². The van der Waals surface area contributed by atoms with Gasteiger partial charge in [0.05, 0.1) is 12.8 Å². The van der Waals surface area contributed by atoms with Gasteiger partial charge in [-0.25, -0.2) is 4.98 Å². The number of hydrogen-bond donors (Lipinski definition) is 1. The largest absolute Gasteiger partial charge is 0.497 e. The van der Waals surface area contributed by atoms with Gasteiger partial charge in [0.15, 0.2) is 0 Å². The van der Waals surface area contributed by atoms with Gasteiger partial charge in [-0.2, -0.15) is 0 Å². The van der Waals surface area contributed by atoms with Crippen molar-refractivity contribution in [3.63, 3.8) is 0 Å². The minimum atomic E-state index is 0. The van der Waals surface area contributed by atoms with E-state index < -0.39 is 0 Å². The number of ether oxygens (including phenoxy) is 2. The fourth-order valence-electron chi connectivity index (χ4n) is 2.63. The highest BCUT2D eigenvalue weighted by Gasteiger charge is 2.18. The van der Waals surface area contributed by atoms with Crippen molar-refractivity contribution in [1.82, 2.24) is 15.2 Å². The van der Waals surface area contributed by atoms with Gasteiger partial charge in [0.25, 0.3) is 0 Å². The zero-order valence-corrected chi connectivity index (χ0v) is 15.7. The summed E-state index contributed by atoms with van der Waals surface area (Å²) >= 11 is 1.66. The zero-order chi connectivity index (χ0) is 16.1. The Bertz CT molecular complexity index is 621. The normalized spacial score (nSPS) is 18.0. The summed E-state index contributed by atoms with van der Waals surface area (Å²) in [5.74, 6) is 1.66. The van der Waals surface area contributed by atoms with Crippen molar-refractivity contribution < 1.29 is 9.47 Å². The molecule has 0 unspecified atom stereocenters. The average Bonchev–Trinajstić information content (AvgIpc) is 3.03. The fraction of sp³-hybridized carbons (Fsp3) is 0.471. The number of nitrogens with one attached hydrogen (secondary N) is 1. The van der Waals surface area contributed by atoms with Gasteiger partial charge >= 0.3 is 0 Å². The van der Waals surface area contributed by atoms with Crippen LogP contribution in [0.4, 0.5) is 0 Å². The van der Waals surface area contributed by atoms with E-state index >= 15 is 0 Å². The summed E-state index contributed by atoms with van der Waals surface area (Å²) in [6.45, 7) is 6.87. The molecule has 2 heterocycles. The summed E-state index contributed by atoms with van der Waals surface area (Å²) in [6, 6.07) is 8.18. The van der Waals surface area contributed by atoms with Gasteiger partial charge in [0.1, 0.15) is 23.1 Å². The summed E-state index contributed by atoms with van der Waals surface area (Å²) in [5, 5.41) is 6.57. The number of nitrogens with zero attached hydrogens (tertiary/aromatic N) is 2. The molecule has 1 aromatic carbocycles. The molecule has 1 saturated heterocycles. The van der Waals surface area contributed by atoms with Crippen LogP contribution in [0.2, 0.25) is 0 Å². The SMILES string of the molecule is COc1ccc(OCc2nc(CN3CCNC[C@H]3C)cs2)cc1.Cl. The summed E-state index contributed by atoms with van der Waals surface area (Å²) in [6.07, 6.45) is 0. The number of piperazine rings is 1. The maximum Gasteiger partial charge on any atom is 0.140 e. The van der Waals surface area contributed by atoms with E-state index in [1.54, 1.807) is 18.4 Å². The molecular weight excluding hydrogens is 346 g/mol. The first-order valence-corrected chi connectivity index (χ1v) is 8.77. The standard InChI is InChI=1S/C17H23N3O2S.ClH/c1-13-9-18-7-8-20(13)10-14-12-23-17(19-14)11-22-16-5-3-15(21-2)4-6-16;/h3-6,12-13,18H,7-11H2,1-2H3;1H/t13-;/m1./s1. The van der Waals surface area contributed by atoms with Crippen molar-refractivity contribution in [3.8, 4) is 11.5 Å². The molecule has 1 atom stereocenters. The van der Waals surface area contributed by atoms with E-state index in [4.69, 9.17) is 14.5 Å². The predicted octanol–water partition coefficient (Wildman–Crippen LogP) is 2.95. The first kappa shape index (κ1) is 19.0. The van der Waals surface area contributed by atoms with E-state index in [1.165, 1.54) is 0 Å². The zero-order valence-electron chi connectivity index (χ0n) is 14.0. The molecule has 7 heteroatoms. The second-order valence-electron chi connectivity index (χ2n) is 5.72. The Morgan fingerprint density at radius 2 is 2.04 bits per heavy atom. The van der Waals surface area contributed by atoms with Crippen LogP contribution in [0.25, 0.3) is 0 Å². The Balaban J connectivity index is 0.00000208. The second kappa shape index (κ2) is 9.22. The smallest absolute Gasteiger partial charge is 0.140 e. The number of rotatable bonds is 6. The highest BCUT2D eigenvalue weighted by Crippen LogP contribution is 2.20. The van der Waals surface area contributed by atoms with E-state index in [-0.39, 0.29) is 12.4 Å². The van der Waals surface area contributed by atoms with E-state index in [9.17, 15) is 0 Å². The van der Waals surface area contributed by atoms with Gasteiger partial charge in [0, 0.05) is 37.6 Å². The molecule has 1 aliphatic rings. The van der Waals surface area contributed by atoms with Crippen LogP contribution in [0.5, 0.6) is 11.5 Å².